The van der Waals surface area contributed by atoms with E-state index in [0.717, 1.165) is 78.0 Å². The van der Waals surface area contributed by atoms with Gasteiger partial charge in [-0.1, -0.05) is 20.8 Å². The van der Waals surface area contributed by atoms with Gasteiger partial charge in [-0.05, 0) is 24.7 Å². The zero-order valence-corrected chi connectivity index (χ0v) is 19.1. The lowest BCUT2D eigenvalue weighted by molar-refractivity contribution is -0.183. The SMILES string of the molecule is CC1CCC(C(C)C)C([OH+]CC(O)CN2CCN(CCN3CCOCC3)CC2)C1. The minimum Gasteiger partial charge on any atom is -0.429 e. The van der Waals surface area contributed by atoms with E-state index in [1.165, 1.54) is 19.3 Å². The number of β-amino-alcohol motifs (C(OH)–C–C–N with tert-alkyl or cyclic N) is 1. The van der Waals surface area contributed by atoms with Crippen molar-refractivity contribution in [3.05, 3.63) is 0 Å². The summed E-state index contributed by atoms with van der Waals surface area (Å²) in [5.74, 6) is 2.17. The number of morpholine rings is 1. The standard InChI is InChI=1S/C23H45N3O3/c1-19(2)22-5-4-20(3)16-23(22)29-18-21(27)17-26-10-8-24(9-11-26)6-7-25-12-14-28-15-13-25/h19-23,27H,4-18H2,1-3H3/p+1. The summed E-state index contributed by atoms with van der Waals surface area (Å²) in [5, 5.41) is 10.6. The first kappa shape index (κ1) is 23.4. The highest BCUT2D eigenvalue weighted by molar-refractivity contribution is 4.81. The van der Waals surface area contributed by atoms with Crippen molar-refractivity contribution in [1.82, 2.24) is 14.7 Å². The molecule has 0 amide bonds. The van der Waals surface area contributed by atoms with Gasteiger partial charge in [0.25, 0.3) is 0 Å². The van der Waals surface area contributed by atoms with Gasteiger partial charge in [-0.25, -0.2) is 0 Å². The molecule has 6 nitrogen and oxygen atoms in total. The van der Waals surface area contributed by atoms with Crippen molar-refractivity contribution < 1.29 is 14.6 Å². The maximum absolute atomic E-state index is 10.6. The molecule has 4 atom stereocenters. The molecule has 1 saturated carbocycles. The Bertz CT molecular complexity index is 451. The van der Waals surface area contributed by atoms with Crippen molar-refractivity contribution in [1.29, 1.82) is 0 Å². The fourth-order valence-corrected chi connectivity index (χ4v) is 5.28. The van der Waals surface area contributed by atoms with Crippen LogP contribution in [0, 0.1) is 17.8 Å². The number of aliphatic hydroxyl groups excluding tert-OH is 1. The Labute approximate surface area is 178 Å². The van der Waals surface area contributed by atoms with Gasteiger partial charge in [0.1, 0.15) is 6.10 Å². The molecule has 3 fully saturated rings. The van der Waals surface area contributed by atoms with Crippen LogP contribution in [0.2, 0.25) is 0 Å². The van der Waals surface area contributed by atoms with Gasteiger partial charge >= 0.3 is 0 Å². The molecule has 2 heterocycles. The highest BCUT2D eigenvalue weighted by Gasteiger charge is 2.35. The van der Waals surface area contributed by atoms with Crippen molar-refractivity contribution in [2.75, 3.05) is 78.7 Å². The molecule has 0 spiro atoms. The number of ether oxygens (including phenoxy) is 2. The number of rotatable bonds is 9. The van der Waals surface area contributed by atoms with Crippen LogP contribution < -0.4 is 0 Å². The summed E-state index contributed by atoms with van der Waals surface area (Å²) in [4.78, 5) is 7.51. The van der Waals surface area contributed by atoms with E-state index in [-0.39, 0.29) is 6.10 Å². The minimum atomic E-state index is -0.319. The van der Waals surface area contributed by atoms with Gasteiger partial charge in [0.05, 0.1) is 13.2 Å². The summed E-state index contributed by atoms with van der Waals surface area (Å²) in [6.45, 7) is 19.0. The number of piperazine rings is 1. The number of hydrogen-bond acceptors (Lipinski definition) is 5. The highest BCUT2D eigenvalue weighted by Crippen LogP contribution is 2.34. The number of nitrogens with zero attached hydrogens (tertiary/aromatic N) is 3. The van der Waals surface area contributed by atoms with E-state index >= 15 is 0 Å². The summed E-state index contributed by atoms with van der Waals surface area (Å²) >= 11 is 0. The van der Waals surface area contributed by atoms with E-state index in [9.17, 15) is 5.11 Å². The van der Waals surface area contributed by atoms with Crippen LogP contribution in [-0.4, -0.2) is 115 Å². The Morgan fingerprint density at radius 1 is 0.931 bits per heavy atom. The normalized spacial score (nSPS) is 32.0. The minimum absolute atomic E-state index is 0.319. The van der Waals surface area contributed by atoms with E-state index < -0.39 is 0 Å². The second kappa shape index (κ2) is 12.0. The third-order valence-electron chi connectivity index (χ3n) is 7.31. The van der Waals surface area contributed by atoms with Gasteiger partial charge in [-0.2, -0.15) is 0 Å². The quantitative estimate of drug-likeness (QED) is 0.579. The first-order valence-corrected chi connectivity index (χ1v) is 12.1. The molecule has 29 heavy (non-hydrogen) atoms. The lowest BCUT2D eigenvalue weighted by Crippen LogP contribution is -2.51. The smallest absolute Gasteiger partial charge is 0.172 e. The fourth-order valence-electron chi connectivity index (χ4n) is 5.28. The molecule has 0 aromatic rings. The lowest BCUT2D eigenvalue weighted by Gasteiger charge is -2.37. The van der Waals surface area contributed by atoms with Crippen LogP contribution in [-0.2, 0) is 4.74 Å². The molecule has 0 aromatic carbocycles. The summed E-state index contributed by atoms with van der Waals surface area (Å²) in [5.41, 5.74) is 0. The van der Waals surface area contributed by atoms with Crippen LogP contribution in [0.4, 0.5) is 0 Å². The zero-order chi connectivity index (χ0) is 20.6. The Balaban J connectivity index is 1.30. The average Bonchev–Trinajstić information content (AvgIpc) is 2.72. The molecule has 3 rings (SSSR count). The van der Waals surface area contributed by atoms with E-state index in [1.54, 1.807) is 0 Å². The molecular formula is C23H46N3O3+. The molecule has 0 aromatic heterocycles. The third kappa shape index (κ3) is 7.75. The molecule has 6 heteroatoms. The Morgan fingerprint density at radius 3 is 2.21 bits per heavy atom. The van der Waals surface area contributed by atoms with Crippen molar-refractivity contribution in [3.63, 3.8) is 0 Å². The molecule has 1 aliphatic carbocycles. The van der Waals surface area contributed by atoms with Crippen LogP contribution >= 0.6 is 0 Å². The highest BCUT2D eigenvalue weighted by atomic mass is 16.5. The molecular weight excluding hydrogens is 366 g/mol. The van der Waals surface area contributed by atoms with Crippen molar-refractivity contribution in [2.24, 2.45) is 17.8 Å². The predicted octanol–water partition coefficient (Wildman–Crippen LogP) is 1.29. The van der Waals surface area contributed by atoms with Gasteiger partial charge < -0.3 is 14.6 Å². The topological polar surface area (TPSA) is 52.0 Å². The Kier molecular flexibility index (Phi) is 9.66. The van der Waals surface area contributed by atoms with Gasteiger partial charge in [-0.3, -0.25) is 14.7 Å². The summed E-state index contributed by atoms with van der Waals surface area (Å²) in [6.07, 6.45) is 3.98. The van der Waals surface area contributed by atoms with Crippen molar-refractivity contribution in [2.45, 2.75) is 52.2 Å². The van der Waals surface area contributed by atoms with Crippen molar-refractivity contribution in [3.8, 4) is 0 Å². The maximum Gasteiger partial charge on any atom is 0.172 e. The zero-order valence-electron chi connectivity index (χ0n) is 19.1. The summed E-state index contributed by atoms with van der Waals surface area (Å²) in [7, 11) is 0. The molecule has 2 aliphatic heterocycles. The average molecular weight is 413 g/mol. The molecule has 2 N–H and O–H groups in total. The van der Waals surface area contributed by atoms with Crippen LogP contribution in [0.25, 0.3) is 0 Å². The van der Waals surface area contributed by atoms with Crippen LogP contribution in [0.15, 0.2) is 0 Å². The van der Waals surface area contributed by atoms with E-state index in [1.807, 2.05) is 0 Å². The molecule has 3 aliphatic rings. The molecule has 0 bridgehead atoms. The molecule has 0 radical (unpaired) electrons. The van der Waals surface area contributed by atoms with Crippen molar-refractivity contribution >= 4 is 0 Å². The maximum atomic E-state index is 10.6. The summed E-state index contributed by atoms with van der Waals surface area (Å²) < 4.78 is 10.4. The van der Waals surface area contributed by atoms with E-state index in [2.05, 4.69) is 35.5 Å². The second-order valence-electron chi connectivity index (χ2n) is 10.0. The van der Waals surface area contributed by atoms with Gasteiger partial charge in [0.15, 0.2) is 12.7 Å². The third-order valence-corrected chi connectivity index (χ3v) is 7.31. The molecule has 170 valence electrons. The predicted molar refractivity (Wildman–Crippen MR) is 118 cm³/mol. The van der Waals surface area contributed by atoms with Crippen LogP contribution in [0.1, 0.15) is 40.0 Å². The Hall–Kier alpha value is -0.240. The first-order chi connectivity index (χ1) is 14.0. The van der Waals surface area contributed by atoms with E-state index in [4.69, 9.17) is 9.47 Å². The second-order valence-corrected chi connectivity index (χ2v) is 10.0. The monoisotopic (exact) mass is 412 g/mol. The first-order valence-electron chi connectivity index (χ1n) is 12.1. The van der Waals surface area contributed by atoms with Crippen LogP contribution in [0.3, 0.4) is 0 Å². The lowest BCUT2D eigenvalue weighted by atomic mass is 9.75. The largest absolute Gasteiger partial charge is 0.429 e. The number of aliphatic hydroxyl groups is 3. The fraction of sp³-hybridized carbons (Fsp3) is 1.00. The summed E-state index contributed by atoms with van der Waals surface area (Å²) in [6, 6.07) is 0. The molecule has 4 unspecified atom stereocenters. The van der Waals surface area contributed by atoms with Gasteiger partial charge in [0, 0.05) is 71.2 Å². The van der Waals surface area contributed by atoms with E-state index in [0.29, 0.717) is 24.5 Å². The van der Waals surface area contributed by atoms with Gasteiger partial charge in [-0.15, -0.1) is 0 Å². The Morgan fingerprint density at radius 2 is 1.55 bits per heavy atom. The number of hydrogen-bond donors (Lipinski definition) is 1. The van der Waals surface area contributed by atoms with Gasteiger partial charge in [0.2, 0.25) is 0 Å². The van der Waals surface area contributed by atoms with Crippen LogP contribution in [0.5, 0.6) is 0 Å². The molecule has 2 saturated heterocycles.